The summed E-state index contributed by atoms with van der Waals surface area (Å²) >= 11 is 0. The Bertz CT molecular complexity index is 535. The highest BCUT2D eigenvalue weighted by Crippen LogP contribution is 2.16. The van der Waals surface area contributed by atoms with E-state index in [1.807, 2.05) is 0 Å². The first-order chi connectivity index (χ1) is 10.3. The number of nitrogens with two attached hydrogens (primary N) is 1. The standard InChI is InChI=1S/C12H13F4N3O3/c13-4-5-21-9-3-1-2-8(6-9)7-18-11(17)19-22-10(20)12(14,15)16/h1-3,6H,4-5,7H2,(H3,17,18,19). The molecule has 0 saturated heterocycles. The molecule has 0 aliphatic carbocycles. The van der Waals surface area contributed by atoms with Gasteiger partial charge >= 0.3 is 12.1 Å². The van der Waals surface area contributed by atoms with E-state index >= 15 is 0 Å². The van der Waals surface area contributed by atoms with E-state index < -0.39 is 24.8 Å². The number of hydrogen-bond acceptors (Lipinski definition) is 4. The summed E-state index contributed by atoms with van der Waals surface area (Å²) in [6.45, 7) is -0.733. The molecule has 0 fully saturated rings. The second-order valence-electron chi connectivity index (χ2n) is 3.88. The average molecular weight is 323 g/mol. The van der Waals surface area contributed by atoms with E-state index in [1.54, 1.807) is 29.7 Å². The second kappa shape index (κ2) is 8.05. The molecule has 22 heavy (non-hydrogen) atoms. The van der Waals surface area contributed by atoms with Crippen LogP contribution in [0.15, 0.2) is 29.3 Å². The Morgan fingerprint density at radius 3 is 2.73 bits per heavy atom. The van der Waals surface area contributed by atoms with Crippen LogP contribution in [0.5, 0.6) is 5.75 Å². The van der Waals surface area contributed by atoms with Gasteiger partial charge in [0.05, 0.1) is 6.54 Å². The molecule has 3 N–H and O–H groups in total. The van der Waals surface area contributed by atoms with E-state index in [4.69, 9.17) is 10.5 Å². The lowest BCUT2D eigenvalue weighted by Crippen LogP contribution is -2.38. The van der Waals surface area contributed by atoms with Gasteiger partial charge in [-0.1, -0.05) is 12.1 Å². The minimum atomic E-state index is -5.13. The lowest BCUT2D eigenvalue weighted by Gasteiger charge is -2.08. The Hall–Kier alpha value is -2.52. The quantitative estimate of drug-likeness (QED) is 0.371. The van der Waals surface area contributed by atoms with Crippen molar-refractivity contribution in [2.24, 2.45) is 10.7 Å². The first kappa shape index (κ1) is 17.5. The number of halogens is 4. The number of ether oxygens (including phenoxy) is 1. The van der Waals surface area contributed by atoms with Crippen LogP contribution in [-0.2, 0) is 16.2 Å². The molecule has 1 aromatic rings. The molecule has 0 unspecified atom stereocenters. The molecular weight excluding hydrogens is 310 g/mol. The molecule has 0 saturated carbocycles. The van der Waals surface area contributed by atoms with Crippen molar-refractivity contribution in [3.63, 3.8) is 0 Å². The minimum Gasteiger partial charge on any atom is -0.491 e. The van der Waals surface area contributed by atoms with Gasteiger partial charge in [-0.15, -0.1) is 0 Å². The molecule has 10 heteroatoms. The molecule has 0 aromatic heterocycles. The maximum absolute atomic E-state index is 12.0. The van der Waals surface area contributed by atoms with Gasteiger partial charge in [0.15, 0.2) is 0 Å². The minimum absolute atomic E-state index is 0.00474. The lowest BCUT2D eigenvalue weighted by molar-refractivity contribution is -0.203. The normalized spacial score (nSPS) is 11.9. The van der Waals surface area contributed by atoms with Crippen molar-refractivity contribution in [2.45, 2.75) is 12.7 Å². The lowest BCUT2D eigenvalue weighted by atomic mass is 10.2. The van der Waals surface area contributed by atoms with Gasteiger partial charge < -0.3 is 15.3 Å². The van der Waals surface area contributed by atoms with Gasteiger partial charge in [0.1, 0.15) is 19.0 Å². The third kappa shape index (κ3) is 6.29. The number of aliphatic imine (C=N–C) groups is 1. The van der Waals surface area contributed by atoms with Gasteiger partial charge in [-0.25, -0.2) is 14.2 Å². The summed E-state index contributed by atoms with van der Waals surface area (Å²) in [7, 11) is 0. The van der Waals surface area contributed by atoms with Crippen molar-refractivity contribution < 1.29 is 31.9 Å². The first-order valence-corrected chi connectivity index (χ1v) is 5.94. The van der Waals surface area contributed by atoms with Crippen molar-refractivity contribution in [2.75, 3.05) is 13.3 Å². The summed E-state index contributed by atoms with van der Waals surface area (Å²) in [6.07, 6.45) is -5.13. The van der Waals surface area contributed by atoms with Crippen LogP contribution in [0.25, 0.3) is 0 Å². The fraction of sp³-hybridized carbons (Fsp3) is 0.333. The fourth-order valence-electron chi connectivity index (χ4n) is 1.26. The third-order valence-electron chi connectivity index (χ3n) is 2.16. The number of hydrogen-bond donors (Lipinski definition) is 2. The first-order valence-electron chi connectivity index (χ1n) is 5.94. The van der Waals surface area contributed by atoms with Crippen molar-refractivity contribution in [3.05, 3.63) is 29.8 Å². The van der Waals surface area contributed by atoms with Gasteiger partial charge in [0.2, 0.25) is 5.96 Å². The van der Waals surface area contributed by atoms with Crippen LogP contribution in [0, 0.1) is 0 Å². The van der Waals surface area contributed by atoms with Crippen molar-refractivity contribution >= 4 is 11.9 Å². The van der Waals surface area contributed by atoms with Crippen molar-refractivity contribution in [1.29, 1.82) is 0 Å². The highest BCUT2D eigenvalue weighted by molar-refractivity contribution is 5.81. The van der Waals surface area contributed by atoms with Gasteiger partial charge in [-0.05, 0) is 17.7 Å². The molecule has 1 aromatic carbocycles. The maximum Gasteiger partial charge on any atom is 0.493 e. The molecule has 0 amide bonds. The summed E-state index contributed by atoms with van der Waals surface area (Å²) in [4.78, 5) is 17.8. The Labute approximate surface area is 122 Å². The molecule has 0 spiro atoms. The number of rotatable bonds is 5. The SMILES string of the molecule is NC(=NCc1cccc(OCCF)c1)NOC(=O)C(F)(F)F. The van der Waals surface area contributed by atoms with Crippen LogP contribution in [0.4, 0.5) is 17.6 Å². The molecule has 0 aliphatic heterocycles. The number of guanidine groups is 1. The van der Waals surface area contributed by atoms with Crippen LogP contribution >= 0.6 is 0 Å². The molecule has 0 radical (unpaired) electrons. The van der Waals surface area contributed by atoms with Gasteiger partial charge in [-0.2, -0.15) is 18.7 Å². The topological polar surface area (TPSA) is 85.9 Å². The summed E-state index contributed by atoms with van der Waals surface area (Å²) in [6, 6.07) is 6.45. The number of hydroxylamine groups is 1. The largest absolute Gasteiger partial charge is 0.493 e. The summed E-state index contributed by atoms with van der Waals surface area (Å²) < 4.78 is 52.6. The molecule has 0 aliphatic rings. The van der Waals surface area contributed by atoms with E-state index in [0.29, 0.717) is 11.3 Å². The Morgan fingerprint density at radius 1 is 1.36 bits per heavy atom. The average Bonchev–Trinajstić information content (AvgIpc) is 2.48. The summed E-state index contributed by atoms with van der Waals surface area (Å²) in [5, 5.41) is 0. The fourth-order valence-corrected chi connectivity index (χ4v) is 1.26. The number of alkyl halides is 4. The van der Waals surface area contributed by atoms with E-state index in [2.05, 4.69) is 9.83 Å². The highest BCUT2D eigenvalue weighted by atomic mass is 19.4. The van der Waals surface area contributed by atoms with Crippen molar-refractivity contribution in [3.8, 4) is 5.75 Å². The molecular formula is C12H13F4N3O3. The monoisotopic (exact) mass is 323 g/mol. The second-order valence-corrected chi connectivity index (χ2v) is 3.88. The van der Waals surface area contributed by atoms with Gasteiger partial charge in [0, 0.05) is 0 Å². The van der Waals surface area contributed by atoms with Gasteiger partial charge in [-0.3, -0.25) is 0 Å². The van der Waals surface area contributed by atoms with E-state index in [9.17, 15) is 22.4 Å². The Morgan fingerprint density at radius 2 is 2.09 bits per heavy atom. The molecule has 1 rings (SSSR count). The Balaban J connectivity index is 2.51. The zero-order valence-corrected chi connectivity index (χ0v) is 11.2. The smallest absolute Gasteiger partial charge is 0.491 e. The molecule has 122 valence electrons. The van der Waals surface area contributed by atoms with E-state index in [1.165, 1.54) is 0 Å². The van der Waals surface area contributed by atoms with Crippen LogP contribution in [-0.4, -0.2) is 31.4 Å². The molecule has 6 nitrogen and oxygen atoms in total. The van der Waals surface area contributed by atoms with E-state index in [-0.39, 0.29) is 13.2 Å². The van der Waals surface area contributed by atoms with Crippen molar-refractivity contribution in [1.82, 2.24) is 5.48 Å². The summed E-state index contributed by atoms with van der Waals surface area (Å²) in [5.41, 5.74) is 7.44. The van der Waals surface area contributed by atoms with Crippen LogP contribution in [0.3, 0.4) is 0 Å². The predicted octanol–water partition coefficient (Wildman–Crippen LogP) is 1.46. The maximum atomic E-state index is 12.0. The molecule has 0 atom stereocenters. The summed E-state index contributed by atoms with van der Waals surface area (Å²) in [5.74, 6) is -2.53. The Kier molecular flexibility index (Phi) is 6.42. The van der Waals surface area contributed by atoms with Gasteiger partial charge in [0.25, 0.3) is 0 Å². The number of benzene rings is 1. The van der Waals surface area contributed by atoms with Crippen LogP contribution in [0.1, 0.15) is 5.56 Å². The number of nitrogens with one attached hydrogen (secondary N) is 1. The third-order valence-corrected chi connectivity index (χ3v) is 2.16. The highest BCUT2D eigenvalue weighted by Gasteiger charge is 2.41. The van der Waals surface area contributed by atoms with Crippen LogP contribution in [0.2, 0.25) is 0 Å². The zero-order valence-electron chi connectivity index (χ0n) is 11.2. The molecule has 0 heterocycles. The number of carbonyl (C=O) groups is 1. The van der Waals surface area contributed by atoms with E-state index in [0.717, 1.165) is 0 Å². The number of carbonyl (C=O) groups excluding carboxylic acids is 1. The molecule has 0 bridgehead atoms. The van der Waals surface area contributed by atoms with Crippen LogP contribution < -0.4 is 16.0 Å². The predicted molar refractivity (Wildman–Crippen MR) is 68.5 cm³/mol. The number of nitrogens with zero attached hydrogens (tertiary/aromatic N) is 1. The zero-order chi connectivity index (χ0) is 16.6.